The van der Waals surface area contributed by atoms with E-state index in [9.17, 15) is 9.00 Å². The number of pyridine rings is 1. The van der Waals surface area contributed by atoms with Crippen LogP contribution in [0.4, 0.5) is 0 Å². The van der Waals surface area contributed by atoms with Crippen LogP contribution in [0.2, 0.25) is 0 Å². The van der Waals surface area contributed by atoms with E-state index in [1.165, 1.54) is 11.2 Å². The molecule has 0 N–H and O–H groups in total. The fourth-order valence-electron chi connectivity index (χ4n) is 2.39. The highest BCUT2D eigenvalue weighted by Gasteiger charge is 2.24. The molecule has 2 heterocycles. The van der Waals surface area contributed by atoms with Gasteiger partial charge in [0, 0.05) is 35.5 Å². The highest BCUT2D eigenvalue weighted by atomic mass is 32.2. The van der Waals surface area contributed by atoms with Crippen molar-refractivity contribution < 1.29 is 9.00 Å². The molecule has 1 aliphatic rings. The summed E-state index contributed by atoms with van der Waals surface area (Å²) in [6, 6.07) is 10.9. The smallest absolute Gasteiger partial charge is 0.267 e. The summed E-state index contributed by atoms with van der Waals surface area (Å²) < 4.78 is 11.8. The molecular formula is C16H15N3O2S. The van der Waals surface area contributed by atoms with E-state index in [0.717, 1.165) is 16.2 Å². The molecule has 1 atom stereocenters. The van der Waals surface area contributed by atoms with Crippen LogP contribution in [0.3, 0.4) is 0 Å². The Labute approximate surface area is 131 Å². The molecule has 1 aromatic heterocycles. The van der Waals surface area contributed by atoms with Gasteiger partial charge in [0.2, 0.25) is 0 Å². The molecule has 0 bridgehead atoms. The molecule has 0 radical (unpaired) electrons. The lowest BCUT2D eigenvalue weighted by molar-refractivity contribution is 0.0778. The van der Waals surface area contributed by atoms with Crippen LogP contribution in [-0.2, 0) is 10.8 Å². The largest absolute Gasteiger partial charge is 0.275 e. The zero-order valence-electron chi connectivity index (χ0n) is 12.1. The van der Waals surface area contributed by atoms with Gasteiger partial charge in [-0.1, -0.05) is 18.2 Å². The topological polar surface area (TPSA) is 62.6 Å². The predicted molar refractivity (Wildman–Crippen MR) is 85.2 cm³/mol. The Kier molecular flexibility index (Phi) is 4.11. The van der Waals surface area contributed by atoms with Gasteiger partial charge in [0.25, 0.3) is 5.91 Å². The van der Waals surface area contributed by atoms with Crippen molar-refractivity contribution in [3.05, 3.63) is 59.9 Å². The van der Waals surface area contributed by atoms with E-state index in [1.54, 1.807) is 24.6 Å². The fraction of sp³-hybridized carbons (Fsp3) is 0.188. The second-order valence-corrected chi connectivity index (χ2v) is 6.27. The third-order valence-electron chi connectivity index (χ3n) is 3.45. The first kappa shape index (κ1) is 14.6. The van der Waals surface area contributed by atoms with Gasteiger partial charge in [-0.25, -0.2) is 5.01 Å². The molecule has 0 spiro atoms. The average Bonchev–Trinajstić information content (AvgIpc) is 3.04. The predicted octanol–water partition coefficient (Wildman–Crippen LogP) is 2.07. The summed E-state index contributed by atoms with van der Waals surface area (Å²) in [5.41, 5.74) is 2.16. The summed E-state index contributed by atoms with van der Waals surface area (Å²) in [6.45, 7) is 0.522. The third-order valence-corrected chi connectivity index (χ3v) is 4.43. The molecule has 1 unspecified atom stereocenters. The minimum atomic E-state index is -1.09. The molecule has 6 heteroatoms. The molecule has 0 saturated carbocycles. The van der Waals surface area contributed by atoms with Crippen molar-refractivity contribution in [1.29, 1.82) is 0 Å². The van der Waals surface area contributed by atoms with Gasteiger partial charge in [0.1, 0.15) is 0 Å². The summed E-state index contributed by atoms with van der Waals surface area (Å²) >= 11 is 0. The van der Waals surface area contributed by atoms with Gasteiger partial charge in [-0.2, -0.15) is 5.10 Å². The molecule has 0 aliphatic carbocycles. The van der Waals surface area contributed by atoms with Gasteiger partial charge >= 0.3 is 0 Å². The molecule has 3 rings (SSSR count). The van der Waals surface area contributed by atoms with E-state index >= 15 is 0 Å². The number of amides is 1. The number of hydrazone groups is 1. The lowest BCUT2D eigenvalue weighted by atomic mass is 10.1. The molecule has 1 aromatic carbocycles. The SMILES string of the molecule is CS(=O)c1ccccc1C1=NN(C(=O)c2cccnc2)CC1. The Balaban J connectivity index is 1.90. The van der Waals surface area contributed by atoms with Crippen molar-refractivity contribution >= 4 is 22.4 Å². The quantitative estimate of drug-likeness (QED) is 0.871. The summed E-state index contributed by atoms with van der Waals surface area (Å²) in [4.78, 5) is 17.1. The Morgan fingerprint density at radius 2 is 2.05 bits per heavy atom. The van der Waals surface area contributed by atoms with Gasteiger partial charge in [0.15, 0.2) is 0 Å². The Bertz CT molecular complexity index is 759. The lowest BCUT2D eigenvalue weighted by Gasteiger charge is -2.10. The van der Waals surface area contributed by atoms with Gasteiger partial charge in [0.05, 0.1) is 28.6 Å². The van der Waals surface area contributed by atoms with Crippen LogP contribution in [-0.4, -0.2) is 38.6 Å². The minimum absolute atomic E-state index is 0.168. The fourth-order valence-corrected chi connectivity index (χ4v) is 3.15. The maximum Gasteiger partial charge on any atom is 0.275 e. The Morgan fingerprint density at radius 1 is 1.23 bits per heavy atom. The van der Waals surface area contributed by atoms with Crippen LogP contribution in [0.5, 0.6) is 0 Å². The van der Waals surface area contributed by atoms with E-state index in [4.69, 9.17) is 0 Å². The molecule has 0 fully saturated rings. The van der Waals surface area contributed by atoms with Gasteiger partial charge in [-0.3, -0.25) is 14.0 Å². The Hall–Kier alpha value is -2.34. The molecule has 0 saturated heterocycles. The molecule has 1 amide bonds. The van der Waals surface area contributed by atoms with Gasteiger partial charge in [-0.15, -0.1) is 0 Å². The molecule has 5 nitrogen and oxygen atoms in total. The van der Waals surface area contributed by atoms with Crippen LogP contribution < -0.4 is 0 Å². The minimum Gasteiger partial charge on any atom is -0.267 e. The van der Waals surface area contributed by atoms with Crippen molar-refractivity contribution in [2.24, 2.45) is 5.10 Å². The van der Waals surface area contributed by atoms with Crippen LogP contribution in [0, 0.1) is 0 Å². The summed E-state index contributed by atoms with van der Waals surface area (Å²) in [5, 5.41) is 5.86. The van der Waals surface area contributed by atoms with E-state index < -0.39 is 10.8 Å². The van der Waals surface area contributed by atoms with Gasteiger partial charge < -0.3 is 0 Å². The van der Waals surface area contributed by atoms with Crippen LogP contribution in [0.15, 0.2) is 58.8 Å². The van der Waals surface area contributed by atoms with Crippen molar-refractivity contribution in [2.75, 3.05) is 12.8 Å². The number of hydrogen-bond acceptors (Lipinski definition) is 4. The highest BCUT2D eigenvalue weighted by molar-refractivity contribution is 7.84. The molecule has 2 aromatic rings. The van der Waals surface area contributed by atoms with Gasteiger partial charge in [-0.05, 0) is 18.2 Å². The second kappa shape index (κ2) is 6.19. The lowest BCUT2D eigenvalue weighted by Crippen LogP contribution is -2.23. The van der Waals surface area contributed by atoms with E-state index in [1.807, 2.05) is 24.3 Å². The van der Waals surface area contributed by atoms with E-state index in [2.05, 4.69) is 10.1 Å². The monoisotopic (exact) mass is 313 g/mol. The van der Waals surface area contributed by atoms with Crippen molar-refractivity contribution in [1.82, 2.24) is 9.99 Å². The number of carbonyl (C=O) groups excluding carboxylic acids is 1. The second-order valence-electron chi connectivity index (χ2n) is 4.92. The summed E-state index contributed by atoms with van der Waals surface area (Å²) in [5.74, 6) is -0.168. The van der Waals surface area contributed by atoms with Crippen molar-refractivity contribution in [3.8, 4) is 0 Å². The number of carbonyl (C=O) groups is 1. The molecule has 22 heavy (non-hydrogen) atoms. The average molecular weight is 313 g/mol. The van der Waals surface area contributed by atoms with E-state index in [-0.39, 0.29) is 5.91 Å². The van der Waals surface area contributed by atoms with E-state index in [0.29, 0.717) is 18.5 Å². The number of rotatable bonds is 3. The first-order chi connectivity index (χ1) is 10.7. The van der Waals surface area contributed by atoms with Crippen molar-refractivity contribution in [2.45, 2.75) is 11.3 Å². The van der Waals surface area contributed by atoms with Crippen LogP contribution in [0.25, 0.3) is 0 Å². The standard InChI is InChI=1S/C16H15N3O2S/c1-22(21)15-7-3-2-6-13(15)14-8-10-19(18-14)16(20)12-5-4-9-17-11-12/h2-7,9,11H,8,10H2,1H3. The zero-order valence-corrected chi connectivity index (χ0v) is 12.9. The molecule has 1 aliphatic heterocycles. The normalized spacial score (nSPS) is 15.5. The zero-order chi connectivity index (χ0) is 15.5. The van der Waals surface area contributed by atoms with Crippen LogP contribution in [0.1, 0.15) is 22.3 Å². The number of nitrogens with zero attached hydrogens (tertiary/aromatic N) is 3. The highest BCUT2D eigenvalue weighted by Crippen LogP contribution is 2.20. The molecular weight excluding hydrogens is 298 g/mol. The van der Waals surface area contributed by atoms with Crippen LogP contribution >= 0.6 is 0 Å². The number of benzene rings is 1. The summed E-state index contributed by atoms with van der Waals surface area (Å²) in [7, 11) is -1.09. The van der Waals surface area contributed by atoms with Crippen molar-refractivity contribution in [3.63, 3.8) is 0 Å². The first-order valence-corrected chi connectivity index (χ1v) is 8.45. The summed E-state index contributed by atoms with van der Waals surface area (Å²) in [6.07, 6.45) is 5.46. The number of aromatic nitrogens is 1. The number of hydrogen-bond donors (Lipinski definition) is 0. The third kappa shape index (κ3) is 2.82. The first-order valence-electron chi connectivity index (χ1n) is 6.89. The Morgan fingerprint density at radius 3 is 2.77 bits per heavy atom. The maximum absolute atomic E-state index is 12.4. The molecule has 112 valence electrons. The maximum atomic E-state index is 12.4.